The first-order chi connectivity index (χ1) is 6.80. The fourth-order valence-corrected chi connectivity index (χ4v) is 2.67. The zero-order chi connectivity index (χ0) is 9.60. The lowest BCUT2D eigenvalue weighted by molar-refractivity contribution is -0.148. The monoisotopic (exact) mass is 193 g/mol. The predicted octanol–water partition coefficient (Wildman–Crippen LogP) is 1.45. The van der Waals surface area contributed by atoms with Gasteiger partial charge in [0.15, 0.2) is 5.60 Å². The minimum Gasteiger partial charge on any atom is -0.449 e. The second-order valence-corrected chi connectivity index (χ2v) is 4.49. The van der Waals surface area contributed by atoms with E-state index in [0.717, 1.165) is 25.9 Å². The molecule has 76 valence electrons. The standard InChI is InChI=1S/C11H15NO2/c13-10-8-9(12-6-7-12)11(14-10)4-2-1-3-5-11/h8H,1-7H2. The van der Waals surface area contributed by atoms with E-state index in [2.05, 4.69) is 4.90 Å². The van der Waals surface area contributed by atoms with Crippen molar-refractivity contribution in [3.8, 4) is 0 Å². The number of carbonyl (C=O) groups excluding carboxylic acids is 1. The predicted molar refractivity (Wildman–Crippen MR) is 51.6 cm³/mol. The summed E-state index contributed by atoms with van der Waals surface area (Å²) in [6.07, 6.45) is 7.43. The molecule has 2 aliphatic heterocycles. The molecule has 2 fully saturated rings. The number of hydrogen-bond donors (Lipinski definition) is 0. The number of rotatable bonds is 1. The van der Waals surface area contributed by atoms with E-state index in [9.17, 15) is 4.79 Å². The Hall–Kier alpha value is -0.990. The van der Waals surface area contributed by atoms with Crippen molar-refractivity contribution in [3.63, 3.8) is 0 Å². The molecule has 0 aromatic heterocycles. The van der Waals surface area contributed by atoms with Gasteiger partial charge in [0.2, 0.25) is 0 Å². The zero-order valence-electron chi connectivity index (χ0n) is 8.29. The summed E-state index contributed by atoms with van der Waals surface area (Å²) in [4.78, 5) is 13.6. The highest BCUT2D eigenvalue weighted by Crippen LogP contribution is 2.44. The Labute approximate surface area is 83.7 Å². The summed E-state index contributed by atoms with van der Waals surface area (Å²) in [5.41, 5.74) is 0.952. The van der Waals surface area contributed by atoms with Gasteiger partial charge in [0, 0.05) is 19.2 Å². The molecule has 0 bridgehead atoms. The average Bonchev–Trinajstić information content (AvgIpc) is 2.95. The Balaban J connectivity index is 1.90. The second kappa shape index (κ2) is 2.75. The normalized spacial score (nSPS) is 29.0. The third-order valence-electron chi connectivity index (χ3n) is 3.47. The van der Waals surface area contributed by atoms with Crippen molar-refractivity contribution in [1.29, 1.82) is 0 Å². The Kier molecular flexibility index (Phi) is 1.64. The molecule has 0 N–H and O–H groups in total. The number of carbonyl (C=O) groups is 1. The minimum atomic E-state index is -0.216. The van der Waals surface area contributed by atoms with Crippen LogP contribution in [0.25, 0.3) is 0 Å². The zero-order valence-corrected chi connectivity index (χ0v) is 8.29. The van der Waals surface area contributed by atoms with Crippen LogP contribution in [0.2, 0.25) is 0 Å². The van der Waals surface area contributed by atoms with Crippen LogP contribution in [-0.2, 0) is 9.53 Å². The van der Waals surface area contributed by atoms with Crippen molar-refractivity contribution in [1.82, 2.24) is 4.90 Å². The fraction of sp³-hybridized carbons (Fsp3) is 0.727. The van der Waals surface area contributed by atoms with Crippen LogP contribution in [0.15, 0.2) is 11.8 Å². The van der Waals surface area contributed by atoms with Gasteiger partial charge in [-0.15, -0.1) is 0 Å². The van der Waals surface area contributed by atoms with E-state index in [1.807, 2.05) is 0 Å². The molecule has 1 saturated heterocycles. The van der Waals surface area contributed by atoms with Crippen LogP contribution in [0, 0.1) is 0 Å². The lowest BCUT2D eigenvalue weighted by Crippen LogP contribution is -2.37. The van der Waals surface area contributed by atoms with Gasteiger partial charge in [0.1, 0.15) is 0 Å². The van der Waals surface area contributed by atoms with Crippen LogP contribution < -0.4 is 0 Å². The van der Waals surface area contributed by atoms with E-state index >= 15 is 0 Å². The van der Waals surface area contributed by atoms with Crippen molar-refractivity contribution in [2.75, 3.05) is 13.1 Å². The first-order valence-electron chi connectivity index (χ1n) is 5.50. The summed E-state index contributed by atoms with van der Waals surface area (Å²) >= 11 is 0. The van der Waals surface area contributed by atoms with Crippen LogP contribution in [0.5, 0.6) is 0 Å². The molecule has 3 rings (SSSR count). The van der Waals surface area contributed by atoms with Gasteiger partial charge in [-0.05, 0) is 25.7 Å². The Bertz CT molecular complexity index is 298. The van der Waals surface area contributed by atoms with Crippen LogP contribution in [0.1, 0.15) is 32.1 Å². The topological polar surface area (TPSA) is 29.3 Å². The molecule has 1 spiro atoms. The number of hydrogen-bond acceptors (Lipinski definition) is 3. The maximum absolute atomic E-state index is 11.3. The number of esters is 1. The quantitative estimate of drug-likeness (QED) is 0.466. The smallest absolute Gasteiger partial charge is 0.333 e. The van der Waals surface area contributed by atoms with Crippen molar-refractivity contribution in [2.24, 2.45) is 0 Å². The van der Waals surface area contributed by atoms with Gasteiger partial charge in [-0.1, -0.05) is 6.42 Å². The van der Waals surface area contributed by atoms with E-state index in [1.54, 1.807) is 6.08 Å². The Morgan fingerprint density at radius 1 is 1.21 bits per heavy atom. The number of nitrogens with zero attached hydrogens (tertiary/aromatic N) is 1. The van der Waals surface area contributed by atoms with Crippen LogP contribution in [0.4, 0.5) is 0 Å². The van der Waals surface area contributed by atoms with Gasteiger partial charge < -0.3 is 9.64 Å². The summed E-state index contributed by atoms with van der Waals surface area (Å²) in [5.74, 6) is -0.131. The molecular formula is C11H15NO2. The molecule has 0 aromatic rings. The molecule has 3 heteroatoms. The molecule has 0 amide bonds. The second-order valence-electron chi connectivity index (χ2n) is 4.49. The minimum absolute atomic E-state index is 0.131. The molecule has 0 atom stereocenters. The fourth-order valence-electron chi connectivity index (χ4n) is 2.67. The van der Waals surface area contributed by atoms with E-state index in [1.165, 1.54) is 25.0 Å². The Morgan fingerprint density at radius 3 is 2.57 bits per heavy atom. The molecular weight excluding hydrogens is 178 g/mol. The SMILES string of the molecule is O=C1C=C(N2CC2)C2(CCCCC2)O1. The van der Waals surface area contributed by atoms with E-state index < -0.39 is 0 Å². The summed E-state index contributed by atoms with van der Waals surface area (Å²) in [6, 6.07) is 0. The first kappa shape index (κ1) is 8.33. The van der Waals surface area contributed by atoms with E-state index in [-0.39, 0.29) is 11.6 Å². The maximum atomic E-state index is 11.3. The Morgan fingerprint density at radius 2 is 1.93 bits per heavy atom. The average molecular weight is 193 g/mol. The van der Waals surface area contributed by atoms with Crippen molar-refractivity contribution >= 4 is 5.97 Å². The van der Waals surface area contributed by atoms with Crippen LogP contribution in [-0.4, -0.2) is 29.6 Å². The summed E-state index contributed by atoms with van der Waals surface area (Å²) < 4.78 is 5.53. The molecule has 2 heterocycles. The molecule has 1 aliphatic carbocycles. The third kappa shape index (κ3) is 1.15. The molecule has 0 aromatic carbocycles. The molecule has 3 nitrogen and oxygen atoms in total. The largest absolute Gasteiger partial charge is 0.449 e. The van der Waals surface area contributed by atoms with Crippen LogP contribution >= 0.6 is 0 Å². The van der Waals surface area contributed by atoms with Crippen molar-refractivity contribution < 1.29 is 9.53 Å². The lowest BCUT2D eigenvalue weighted by atomic mass is 9.83. The van der Waals surface area contributed by atoms with Gasteiger partial charge in [-0.25, -0.2) is 4.79 Å². The molecule has 0 unspecified atom stereocenters. The summed E-state index contributed by atoms with van der Waals surface area (Å²) in [5, 5.41) is 0. The van der Waals surface area contributed by atoms with Gasteiger partial charge in [0.25, 0.3) is 0 Å². The highest BCUT2D eigenvalue weighted by molar-refractivity contribution is 5.86. The molecule has 14 heavy (non-hydrogen) atoms. The first-order valence-corrected chi connectivity index (χ1v) is 5.50. The van der Waals surface area contributed by atoms with Gasteiger partial charge >= 0.3 is 5.97 Å². The van der Waals surface area contributed by atoms with E-state index in [4.69, 9.17) is 4.74 Å². The molecule has 0 radical (unpaired) electrons. The van der Waals surface area contributed by atoms with Crippen molar-refractivity contribution in [3.05, 3.63) is 11.8 Å². The highest BCUT2D eigenvalue weighted by Gasteiger charge is 2.48. The maximum Gasteiger partial charge on any atom is 0.333 e. The summed E-state index contributed by atoms with van der Waals surface area (Å²) in [7, 11) is 0. The van der Waals surface area contributed by atoms with Crippen molar-refractivity contribution in [2.45, 2.75) is 37.7 Å². The highest BCUT2D eigenvalue weighted by atomic mass is 16.6. The van der Waals surface area contributed by atoms with E-state index in [0.29, 0.717) is 0 Å². The molecule has 1 saturated carbocycles. The summed E-state index contributed by atoms with van der Waals surface area (Å²) in [6.45, 7) is 2.20. The lowest BCUT2D eigenvalue weighted by Gasteiger charge is -2.34. The van der Waals surface area contributed by atoms with Crippen LogP contribution in [0.3, 0.4) is 0 Å². The third-order valence-corrected chi connectivity index (χ3v) is 3.47. The molecule has 3 aliphatic rings. The van der Waals surface area contributed by atoms with Gasteiger partial charge in [-0.3, -0.25) is 0 Å². The van der Waals surface area contributed by atoms with Gasteiger partial charge in [0.05, 0.1) is 5.70 Å². The number of ether oxygens (including phenoxy) is 1. The van der Waals surface area contributed by atoms with Gasteiger partial charge in [-0.2, -0.15) is 0 Å².